The molecular weight excluding hydrogens is 302 g/mol. The van der Waals surface area contributed by atoms with Crippen LogP contribution in [0.2, 0.25) is 0 Å². The molecule has 2 fully saturated rings. The predicted molar refractivity (Wildman–Crippen MR) is 86.4 cm³/mol. The Morgan fingerprint density at radius 1 is 1.22 bits per heavy atom. The van der Waals surface area contributed by atoms with Crippen LogP contribution in [0.5, 0.6) is 0 Å². The minimum absolute atomic E-state index is 0.0101. The molecule has 1 aliphatic carbocycles. The summed E-state index contributed by atoms with van der Waals surface area (Å²) in [5.41, 5.74) is -0.345. The first kappa shape index (κ1) is 19.0. The number of aliphatic hydroxyl groups is 1. The Kier molecular flexibility index (Phi) is 6.39. The molecule has 0 aromatic rings. The number of piperidine rings is 1. The van der Waals surface area contributed by atoms with E-state index < -0.39 is 12.3 Å². The quantitative estimate of drug-likeness (QED) is 0.733. The van der Waals surface area contributed by atoms with Crippen molar-refractivity contribution >= 4 is 0 Å². The van der Waals surface area contributed by atoms with Crippen LogP contribution in [0.15, 0.2) is 0 Å². The number of likely N-dealkylation sites (tertiary alicyclic amines) is 1. The van der Waals surface area contributed by atoms with E-state index in [9.17, 15) is 13.9 Å². The second kappa shape index (κ2) is 7.72. The Bertz CT molecular complexity index is 362. The number of halogens is 2. The highest BCUT2D eigenvalue weighted by Gasteiger charge is 2.37. The molecule has 136 valence electrons. The summed E-state index contributed by atoms with van der Waals surface area (Å²) in [6.45, 7) is 6.96. The summed E-state index contributed by atoms with van der Waals surface area (Å²) in [4.78, 5) is 2.22. The van der Waals surface area contributed by atoms with Gasteiger partial charge in [0.05, 0.1) is 5.60 Å². The van der Waals surface area contributed by atoms with Crippen LogP contribution in [0.3, 0.4) is 0 Å². The molecule has 0 bridgehead atoms. The normalized spacial score (nSPS) is 31.0. The maximum absolute atomic E-state index is 13.2. The van der Waals surface area contributed by atoms with Gasteiger partial charge in [-0.25, -0.2) is 8.78 Å². The summed E-state index contributed by atoms with van der Waals surface area (Å²) in [5, 5.41) is 13.2. The first-order chi connectivity index (χ1) is 10.7. The molecule has 1 atom stereocenters. The zero-order valence-corrected chi connectivity index (χ0v) is 14.7. The fourth-order valence-electron chi connectivity index (χ4n) is 3.45. The van der Waals surface area contributed by atoms with Gasteiger partial charge in [0.1, 0.15) is 0 Å². The Morgan fingerprint density at radius 3 is 2.30 bits per heavy atom. The van der Waals surface area contributed by atoms with E-state index in [1.165, 1.54) is 0 Å². The second-order valence-electron chi connectivity index (χ2n) is 7.65. The lowest BCUT2D eigenvalue weighted by Crippen LogP contribution is -2.50. The number of rotatable bonds is 6. The van der Waals surface area contributed by atoms with Crippen LogP contribution in [0, 0.1) is 0 Å². The van der Waals surface area contributed by atoms with Crippen molar-refractivity contribution in [2.24, 2.45) is 0 Å². The van der Waals surface area contributed by atoms with Gasteiger partial charge in [0, 0.05) is 38.0 Å². The lowest BCUT2D eigenvalue weighted by Gasteiger charge is -2.41. The van der Waals surface area contributed by atoms with Crippen LogP contribution in [-0.2, 0) is 4.74 Å². The smallest absolute Gasteiger partial charge is 0.250 e. The molecule has 1 heterocycles. The van der Waals surface area contributed by atoms with Crippen LogP contribution in [0.4, 0.5) is 8.78 Å². The Morgan fingerprint density at radius 2 is 1.78 bits per heavy atom. The van der Waals surface area contributed by atoms with Crippen molar-refractivity contribution in [3.63, 3.8) is 0 Å². The maximum atomic E-state index is 13.2. The number of ether oxygens (including phenoxy) is 1. The van der Waals surface area contributed by atoms with Crippen LogP contribution < -0.4 is 5.32 Å². The molecule has 2 rings (SSSR count). The average Bonchev–Trinajstić information content (AvgIpc) is 2.48. The summed E-state index contributed by atoms with van der Waals surface area (Å²) < 4.78 is 32.1. The molecule has 0 aromatic carbocycles. The largest absolute Gasteiger partial charge is 0.356 e. The van der Waals surface area contributed by atoms with E-state index in [2.05, 4.69) is 10.2 Å². The monoisotopic (exact) mass is 334 g/mol. The standard InChI is InChI=1S/C17H32F2N2O2/c1-4-16(2,3)23-15(22)20-13-5-7-14(8-6-13)21-11-9-17(18,19)10-12-21/h13-15,20,22H,4-12H2,1-3H3. The van der Waals surface area contributed by atoms with E-state index >= 15 is 0 Å². The zero-order chi connectivity index (χ0) is 17.1. The highest BCUT2D eigenvalue weighted by atomic mass is 19.3. The van der Waals surface area contributed by atoms with Crippen LogP contribution in [0.1, 0.15) is 65.7 Å². The summed E-state index contributed by atoms with van der Waals surface area (Å²) in [7, 11) is 0. The highest BCUT2D eigenvalue weighted by molar-refractivity contribution is 4.87. The fourth-order valence-corrected chi connectivity index (χ4v) is 3.45. The molecule has 2 N–H and O–H groups in total. The van der Waals surface area contributed by atoms with Crippen molar-refractivity contribution in [2.75, 3.05) is 13.1 Å². The Hall–Kier alpha value is -0.300. The number of nitrogens with one attached hydrogen (secondary N) is 1. The van der Waals surface area contributed by atoms with E-state index in [4.69, 9.17) is 4.74 Å². The van der Waals surface area contributed by atoms with Gasteiger partial charge in [0.15, 0.2) is 0 Å². The molecule has 0 amide bonds. The topological polar surface area (TPSA) is 44.7 Å². The molecular formula is C17H32F2N2O2. The van der Waals surface area contributed by atoms with E-state index in [-0.39, 0.29) is 24.5 Å². The highest BCUT2D eigenvalue weighted by Crippen LogP contribution is 2.32. The third-order valence-corrected chi connectivity index (χ3v) is 5.40. The van der Waals surface area contributed by atoms with E-state index in [0.29, 0.717) is 19.1 Å². The summed E-state index contributed by atoms with van der Waals surface area (Å²) in [6, 6.07) is 0.648. The van der Waals surface area contributed by atoms with Gasteiger partial charge < -0.3 is 9.84 Å². The van der Waals surface area contributed by atoms with Gasteiger partial charge in [-0.05, 0) is 46.0 Å². The minimum Gasteiger partial charge on any atom is -0.356 e. The van der Waals surface area contributed by atoms with Crippen LogP contribution in [-0.4, -0.2) is 53.1 Å². The Labute approximate surface area is 138 Å². The van der Waals surface area contributed by atoms with Gasteiger partial charge in [0.2, 0.25) is 6.41 Å². The molecule has 1 unspecified atom stereocenters. The molecule has 1 saturated carbocycles. The summed E-state index contributed by atoms with van der Waals surface area (Å²) >= 11 is 0. The fraction of sp³-hybridized carbons (Fsp3) is 1.00. The van der Waals surface area contributed by atoms with E-state index in [1.54, 1.807) is 0 Å². The van der Waals surface area contributed by atoms with Crippen LogP contribution in [0.25, 0.3) is 0 Å². The first-order valence-electron chi connectivity index (χ1n) is 8.94. The van der Waals surface area contributed by atoms with Crippen molar-refractivity contribution in [1.82, 2.24) is 10.2 Å². The molecule has 0 radical (unpaired) electrons. The van der Waals surface area contributed by atoms with Crippen molar-refractivity contribution in [1.29, 1.82) is 0 Å². The number of alkyl halides is 2. The molecule has 2 aliphatic rings. The third kappa shape index (κ3) is 5.93. The molecule has 1 saturated heterocycles. The van der Waals surface area contributed by atoms with Crippen molar-refractivity contribution in [3.8, 4) is 0 Å². The number of hydrogen-bond acceptors (Lipinski definition) is 4. The molecule has 4 nitrogen and oxygen atoms in total. The van der Waals surface area contributed by atoms with Gasteiger partial charge in [-0.15, -0.1) is 0 Å². The summed E-state index contributed by atoms with van der Waals surface area (Å²) in [6.07, 6.45) is 3.75. The average molecular weight is 334 g/mol. The molecule has 1 aliphatic heterocycles. The SMILES string of the molecule is CCC(C)(C)OC(O)NC1CCC(N2CCC(F)(F)CC2)CC1. The number of nitrogens with zero attached hydrogens (tertiary/aromatic N) is 1. The second-order valence-corrected chi connectivity index (χ2v) is 7.65. The van der Waals surface area contributed by atoms with Gasteiger partial charge in [-0.1, -0.05) is 6.92 Å². The third-order valence-electron chi connectivity index (χ3n) is 5.40. The maximum Gasteiger partial charge on any atom is 0.250 e. The van der Waals surface area contributed by atoms with Gasteiger partial charge in [0.25, 0.3) is 5.92 Å². The summed E-state index contributed by atoms with van der Waals surface area (Å²) in [5.74, 6) is -2.47. The minimum atomic E-state index is -2.47. The van der Waals surface area contributed by atoms with Crippen molar-refractivity contribution in [3.05, 3.63) is 0 Å². The van der Waals surface area contributed by atoms with Crippen molar-refractivity contribution in [2.45, 2.75) is 95.7 Å². The number of aliphatic hydroxyl groups excluding tert-OH is 1. The number of hydrogen-bond donors (Lipinski definition) is 2. The van der Waals surface area contributed by atoms with Gasteiger partial charge >= 0.3 is 0 Å². The van der Waals surface area contributed by atoms with Gasteiger partial charge in [-0.3, -0.25) is 10.2 Å². The lowest BCUT2D eigenvalue weighted by molar-refractivity contribution is -0.194. The molecule has 0 aromatic heterocycles. The zero-order valence-electron chi connectivity index (χ0n) is 14.7. The van der Waals surface area contributed by atoms with E-state index in [1.807, 2.05) is 20.8 Å². The Balaban J connectivity index is 1.70. The molecule has 6 heteroatoms. The predicted octanol–water partition coefficient (Wildman–Crippen LogP) is 3.10. The van der Waals surface area contributed by atoms with E-state index in [0.717, 1.165) is 32.1 Å². The molecule has 23 heavy (non-hydrogen) atoms. The molecule has 0 spiro atoms. The van der Waals surface area contributed by atoms with Gasteiger partial charge in [-0.2, -0.15) is 0 Å². The van der Waals surface area contributed by atoms with Crippen LogP contribution >= 0.6 is 0 Å². The van der Waals surface area contributed by atoms with Crippen molar-refractivity contribution < 1.29 is 18.6 Å². The first-order valence-corrected chi connectivity index (χ1v) is 8.94. The lowest BCUT2D eigenvalue weighted by atomic mass is 9.89.